The summed E-state index contributed by atoms with van der Waals surface area (Å²) in [6, 6.07) is 18.7. The highest BCUT2D eigenvalue weighted by atomic mass is 35.5. The van der Waals surface area contributed by atoms with E-state index in [1.165, 1.54) is 23.2 Å². The molecule has 0 radical (unpaired) electrons. The maximum atomic E-state index is 12.7. The van der Waals surface area contributed by atoms with Crippen molar-refractivity contribution < 1.29 is 12.8 Å². The molecule has 4 aromatic rings. The van der Waals surface area contributed by atoms with E-state index in [2.05, 4.69) is 9.93 Å². The summed E-state index contributed by atoms with van der Waals surface area (Å²) in [6.07, 6.45) is 3.08. The van der Waals surface area contributed by atoms with Gasteiger partial charge in [0.15, 0.2) is 0 Å². The van der Waals surface area contributed by atoms with Crippen LogP contribution < -0.4 is 4.83 Å². The van der Waals surface area contributed by atoms with Crippen LogP contribution in [0.5, 0.6) is 0 Å². The first-order valence-corrected chi connectivity index (χ1v) is 9.85. The van der Waals surface area contributed by atoms with Gasteiger partial charge in [-0.3, -0.25) is 0 Å². The van der Waals surface area contributed by atoms with Crippen LogP contribution in [0.1, 0.15) is 0 Å². The monoisotopic (exact) mass is 399 g/mol. The lowest BCUT2D eigenvalue weighted by atomic mass is 10.1. The average molecular weight is 400 g/mol. The molecule has 27 heavy (non-hydrogen) atoms. The molecule has 0 fully saturated rings. The second-order valence-corrected chi connectivity index (χ2v) is 7.85. The first-order valence-electron chi connectivity index (χ1n) is 7.99. The molecule has 6 nitrogen and oxygen atoms in total. The van der Waals surface area contributed by atoms with Crippen molar-refractivity contribution in [3.8, 4) is 22.5 Å². The standard InChI is InChI=1S/C19H14ClN3O3S/c20-16-8-6-14(7-9-16)19-12-18(15-10-11-26-13-15)21-23(19)22-27(24,25)17-4-2-1-3-5-17/h1-13,22H. The molecule has 0 unspecified atom stereocenters. The smallest absolute Gasteiger partial charge is 0.276 e. The Hall–Kier alpha value is -3.03. The van der Waals surface area contributed by atoms with Crippen molar-refractivity contribution in [1.29, 1.82) is 0 Å². The fraction of sp³-hybridized carbons (Fsp3) is 0. The Morgan fingerprint density at radius 1 is 0.963 bits per heavy atom. The van der Waals surface area contributed by atoms with Crippen molar-refractivity contribution in [3.05, 3.63) is 84.3 Å². The summed E-state index contributed by atoms with van der Waals surface area (Å²) < 4.78 is 30.6. The highest BCUT2D eigenvalue weighted by Crippen LogP contribution is 2.27. The topological polar surface area (TPSA) is 77.1 Å². The molecule has 1 N–H and O–H groups in total. The number of hydrogen-bond donors (Lipinski definition) is 1. The maximum absolute atomic E-state index is 12.7. The van der Waals surface area contributed by atoms with Crippen LogP contribution in [0.15, 0.2) is 88.6 Å². The van der Waals surface area contributed by atoms with E-state index in [0.29, 0.717) is 16.4 Å². The lowest BCUT2D eigenvalue weighted by molar-refractivity contribution is 0.568. The Morgan fingerprint density at radius 2 is 1.70 bits per heavy atom. The summed E-state index contributed by atoms with van der Waals surface area (Å²) in [6.45, 7) is 0. The molecule has 2 heterocycles. The summed E-state index contributed by atoms with van der Waals surface area (Å²) in [7, 11) is -3.81. The minimum Gasteiger partial charge on any atom is -0.472 e. The van der Waals surface area contributed by atoms with Gasteiger partial charge in [-0.15, -0.1) is 0 Å². The Kier molecular flexibility index (Phi) is 4.47. The first-order chi connectivity index (χ1) is 13.0. The van der Waals surface area contributed by atoms with Gasteiger partial charge >= 0.3 is 0 Å². The van der Waals surface area contributed by atoms with Gasteiger partial charge in [-0.1, -0.05) is 41.9 Å². The predicted octanol–water partition coefficient (Wildman–Crippen LogP) is 4.40. The Morgan fingerprint density at radius 3 is 2.37 bits per heavy atom. The molecule has 0 aliphatic heterocycles. The lowest BCUT2D eigenvalue weighted by Crippen LogP contribution is -2.25. The van der Waals surface area contributed by atoms with Crippen molar-refractivity contribution >= 4 is 21.6 Å². The Labute approximate surface area is 161 Å². The van der Waals surface area contributed by atoms with E-state index in [-0.39, 0.29) is 4.90 Å². The van der Waals surface area contributed by atoms with Crippen molar-refractivity contribution in [2.24, 2.45) is 0 Å². The second kappa shape index (κ2) is 6.94. The maximum Gasteiger partial charge on any atom is 0.276 e. The van der Waals surface area contributed by atoms with Gasteiger partial charge in [0, 0.05) is 16.1 Å². The third-order valence-electron chi connectivity index (χ3n) is 3.93. The van der Waals surface area contributed by atoms with Gasteiger partial charge in [0.1, 0.15) is 0 Å². The van der Waals surface area contributed by atoms with Gasteiger partial charge in [-0.25, -0.2) is 0 Å². The number of hydrogen-bond acceptors (Lipinski definition) is 4. The van der Waals surface area contributed by atoms with E-state index < -0.39 is 10.0 Å². The third-order valence-corrected chi connectivity index (χ3v) is 5.48. The summed E-state index contributed by atoms with van der Waals surface area (Å²) in [5.41, 5.74) is 2.65. The molecular weight excluding hydrogens is 386 g/mol. The minimum absolute atomic E-state index is 0.146. The fourth-order valence-electron chi connectivity index (χ4n) is 2.59. The number of nitrogens with one attached hydrogen (secondary N) is 1. The number of benzene rings is 2. The van der Waals surface area contributed by atoms with Gasteiger partial charge in [-0.2, -0.15) is 23.1 Å². The zero-order valence-electron chi connectivity index (χ0n) is 13.9. The molecule has 136 valence electrons. The lowest BCUT2D eigenvalue weighted by Gasteiger charge is -2.11. The molecular formula is C19H14ClN3O3S. The first kappa shape index (κ1) is 17.4. The van der Waals surface area contributed by atoms with Crippen LogP contribution in [0.2, 0.25) is 5.02 Å². The van der Waals surface area contributed by atoms with E-state index in [9.17, 15) is 8.42 Å². The highest BCUT2D eigenvalue weighted by Gasteiger charge is 2.19. The minimum atomic E-state index is -3.81. The van der Waals surface area contributed by atoms with E-state index in [4.69, 9.17) is 16.0 Å². The molecule has 0 spiro atoms. The van der Waals surface area contributed by atoms with Gasteiger partial charge in [0.25, 0.3) is 10.0 Å². The highest BCUT2D eigenvalue weighted by molar-refractivity contribution is 7.92. The molecule has 0 saturated heterocycles. The zero-order valence-corrected chi connectivity index (χ0v) is 15.5. The quantitative estimate of drug-likeness (QED) is 0.539. The molecule has 4 rings (SSSR count). The Bertz CT molecular complexity index is 1150. The van der Waals surface area contributed by atoms with E-state index in [0.717, 1.165) is 11.1 Å². The number of furan rings is 1. The molecule has 0 aliphatic carbocycles. The van der Waals surface area contributed by atoms with Crippen molar-refractivity contribution in [2.75, 3.05) is 4.83 Å². The molecule has 2 aromatic carbocycles. The van der Waals surface area contributed by atoms with Gasteiger partial charge in [0.05, 0.1) is 28.8 Å². The SMILES string of the molecule is O=S(=O)(Nn1nc(-c2ccoc2)cc1-c1ccc(Cl)cc1)c1ccccc1. The summed E-state index contributed by atoms with van der Waals surface area (Å²) >= 11 is 5.97. The van der Waals surface area contributed by atoms with Gasteiger partial charge in [0.2, 0.25) is 0 Å². The van der Waals surface area contributed by atoms with Crippen LogP contribution in [-0.2, 0) is 10.0 Å². The van der Waals surface area contributed by atoms with Crippen LogP contribution in [0, 0.1) is 0 Å². The van der Waals surface area contributed by atoms with Crippen LogP contribution in [0.25, 0.3) is 22.5 Å². The summed E-state index contributed by atoms with van der Waals surface area (Å²) in [5.74, 6) is 0. The van der Waals surface area contributed by atoms with Crippen LogP contribution in [-0.4, -0.2) is 18.3 Å². The number of sulfonamides is 1. The van der Waals surface area contributed by atoms with E-state index >= 15 is 0 Å². The predicted molar refractivity (Wildman–Crippen MR) is 103 cm³/mol. The average Bonchev–Trinajstić information content (AvgIpc) is 3.33. The second-order valence-electron chi connectivity index (χ2n) is 5.75. The van der Waals surface area contributed by atoms with Crippen molar-refractivity contribution in [3.63, 3.8) is 0 Å². The molecule has 8 heteroatoms. The Balaban J connectivity index is 1.80. The van der Waals surface area contributed by atoms with Gasteiger partial charge in [-0.05, 0) is 36.4 Å². The third kappa shape index (κ3) is 3.60. The molecule has 0 aliphatic rings. The van der Waals surface area contributed by atoms with Gasteiger partial charge < -0.3 is 4.42 Å². The van der Waals surface area contributed by atoms with Crippen LogP contribution in [0.3, 0.4) is 0 Å². The molecule has 2 aromatic heterocycles. The van der Waals surface area contributed by atoms with Crippen molar-refractivity contribution in [1.82, 2.24) is 9.89 Å². The van der Waals surface area contributed by atoms with Crippen LogP contribution in [0.4, 0.5) is 0 Å². The molecule has 0 atom stereocenters. The number of halogens is 1. The normalized spacial score (nSPS) is 11.4. The number of rotatable bonds is 5. The summed E-state index contributed by atoms with van der Waals surface area (Å²) in [5, 5.41) is 4.98. The van der Waals surface area contributed by atoms with E-state index in [1.807, 2.05) is 0 Å². The molecule has 0 bridgehead atoms. The zero-order chi connectivity index (χ0) is 18.9. The molecule has 0 saturated carbocycles. The summed E-state index contributed by atoms with van der Waals surface area (Å²) in [4.78, 5) is 3.90. The van der Waals surface area contributed by atoms with E-state index in [1.54, 1.807) is 60.9 Å². The largest absolute Gasteiger partial charge is 0.472 e. The number of nitrogens with zero attached hydrogens (tertiary/aromatic N) is 2. The molecule has 0 amide bonds. The number of aromatic nitrogens is 2. The van der Waals surface area contributed by atoms with Crippen molar-refractivity contribution in [2.45, 2.75) is 4.90 Å². The van der Waals surface area contributed by atoms with Crippen LogP contribution >= 0.6 is 11.6 Å². The fourth-order valence-corrected chi connectivity index (χ4v) is 3.71.